The highest BCUT2D eigenvalue weighted by molar-refractivity contribution is 5.85. The zero-order valence-corrected chi connectivity index (χ0v) is 6.45. The van der Waals surface area contributed by atoms with Crippen LogP contribution >= 0.6 is 12.4 Å². The molecular formula is C4H5ClF3N3O. The number of nitrogens with zero attached hydrogens (tertiary/aromatic N) is 2. The zero-order valence-electron chi connectivity index (χ0n) is 5.63. The first-order chi connectivity index (χ1) is 5.04. The highest BCUT2D eigenvalue weighted by Gasteiger charge is 2.37. The summed E-state index contributed by atoms with van der Waals surface area (Å²) in [6.45, 7) is -0.191. The molecule has 4 nitrogen and oxygen atoms in total. The molecule has 0 radical (unpaired) electrons. The van der Waals surface area contributed by atoms with Crippen LogP contribution in [-0.4, -0.2) is 10.2 Å². The van der Waals surface area contributed by atoms with Crippen molar-refractivity contribution < 1.29 is 17.6 Å². The molecule has 0 saturated carbocycles. The Bertz CT molecular complexity index is 248. The van der Waals surface area contributed by atoms with E-state index >= 15 is 0 Å². The molecule has 0 aliphatic carbocycles. The summed E-state index contributed by atoms with van der Waals surface area (Å²) in [5, 5.41) is 5.78. The van der Waals surface area contributed by atoms with Gasteiger partial charge in [-0.1, -0.05) is 0 Å². The van der Waals surface area contributed by atoms with Gasteiger partial charge in [0.25, 0.3) is 0 Å². The quantitative estimate of drug-likeness (QED) is 0.739. The first-order valence-electron chi connectivity index (χ1n) is 2.63. The van der Waals surface area contributed by atoms with Crippen LogP contribution in [0, 0.1) is 0 Å². The molecule has 0 saturated heterocycles. The number of hydrogen-bond donors (Lipinski definition) is 1. The van der Waals surface area contributed by atoms with Crippen LogP contribution < -0.4 is 5.73 Å². The molecule has 0 atom stereocenters. The van der Waals surface area contributed by atoms with Gasteiger partial charge in [0.05, 0.1) is 6.54 Å². The second-order valence-electron chi connectivity index (χ2n) is 1.70. The van der Waals surface area contributed by atoms with Crippen LogP contribution in [0.5, 0.6) is 0 Å². The molecule has 0 spiro atoms. The first kappa shape index (κ1) is 11.2. The molecule has 0 bridgehead atoms. The van der Waals surface area contributed by atoms with Crippen molar-refractivity contribution in [3.63, 3.8) is 0 Å². The van der Waals surface area contributed by atoms with Crippen LogP contribution in [0.15, 0.2) is 4.42 Å². The van der Waals surface area contributed by atoms with Gasteiger partial charge in [0.2, 0.25) is 5.89 Å². The number of rotatable bonds is 1. The molecule has 1 heterocycles. The van der Waals surface area contributed by atoms with Crippen LogP contribution in [0.25, 0.3) is 0 Å². The average Bonchev–Trinajstić information content (AvgIpc) is 2.32. The van der Waals surface area contributed by atoms with E-state index in [9.17, 15) is 13.2 Å². The molecule has 0 aliphatic rings. The Kier molecular flexibility index (Phi) is 3.47. The summed E-state index contributed by atoms with van der Waals surface area (Å²) in [5.41, 5.74) is 4.94. The van der Waals surface area contributed by atoms with Crippen molar-refractivity contribution >= 4 is 12.4 Å². The Morgan fingerprint density at radius 1 is 1.33 bits per heavy atom. The third kappa shape index (κ3) is 2.35. The number of hydrogen-bond acceptors (Lipinski definition) is 4. The largest absolute Gasteiger partial charge is 0.470 e. The molecule has 0 unspecified atom stereocenters. The van der Waals surface area contributed by atoms with E-state index < -0.39 is 12.1 Å². The monoisotopic (exact) mass is 203 g/mol. The summed E-state index contributed by atoms with van der Waals surface area (Å²) in [6, 6.07) is 0. The van der Waals surface area contributed by atoms with E-state index in [0.717, 1.165) is 0 Å². The van der Waals surface area contributed by atoms with E-state index in [4.69, 9.17) is 5.73 Å². The first-order valence-corrected chi connectivity index (χ1v) is 2.63. The molecule has 1 aromatic rings. The summed E-state index contributed by atoms with van der Waals surface area (Å²) in [5.74, 6) is -1.59. The maximum absolute atomic E-state index is 11.7. The SMILES string of the molecule is Cl.NCc1nnc(C(F)(F)F)o1. The Morgan fingerprint density at radius 2 is 1.92 bits per heavy atom. The third-order valence-electron chi connectivity index (χ3n) is 0.884. The Balaban J connectivity index is 0.00000121. The van der Waals surface area contributed by atoms with Crippen molar-refractivity contribution in [1.29, 1.82) is 0 Å². The number of halogens is 4. The summed E-state index contributed by atoms with van der Waals surface area (Å²) < 4.78 is 39.2. The van der Waals surface area contributed by atoms with Crippen LogP contribution in [0.1, 0.15) is 11.8 Å². The van der Waals surface area contributed by atoms with Gasteiger partial charge in [0.15, 0.2) is 0 Å². The molecule has 1 aromatic heterocycles. The van der Waals surface area contributed by atoms with Crippen molar-refractivity contribution in [2.24, 2.45) is 5.73 Å². The predicted molar refractivity (Wildman–Crippen MR) is 34.4 cm³/mol. The van der Waals surface area contributed by atoms with Crippen LogP contribution in [0.4, 0.5) is 13.2 Å². The molecule has 70 valence electrons. The lowest BCUT2D eigenvalue weighted by Crippen LogP contribution is -2.04. The lowest BCUT2D eigenvalue weighted by molar-refractivity contribution is -0.157. The van der Waals surface area contributed by atoms with Gasteiger partial charge in [-0.2, -0.15) is 13.2 Å². The van der Waals surface area contributed by atoms with Crippen molar-refractivity contribution in [3.05, 3.63) is 11.8 Å². The molecule has 0 aromatic carbocycles. The Labute approximate surface area is 71.4 Å². The highest BCUT2D eigenvalue weighted by atomic mass is 35.5. The molecule has 12 heavy (non-hydrogen) atoms. The van der Waals surface area contributed by atoms with Gasteiger partial charge in [-0.05, 0) is 0 Å². The number of aromatic nitrogens is 2. The minimum atomic E-state index is -4.58. The van der Waals surface area contributed by atoms with E-state index in [1.54, 1.807) is 0 Å². The summed E-state index contributed by atoms with van der Waals surface area (Å²) in [6.07, 6.45) is -4.58. The van der Waals surface area contributed by atoms with E-state index in [0.29, 0.717) is 0 Å². The normalized spacial score (nSPS) is 11.0. The summed E-state index contributed by atoms with van der Waals surface area (Å²) in [7, 11) is 0. The zero-order chi connectivity index (χ0) is 8.48. The predicted octanol–water partition coefficient (Wildman–Crippen LogP) is 0.969. The molecule has 2 N–H and O–H groups in total. The Hall–Kier alpha value is -0.820. The molecule has 1 rings (SSSR count). The highest BCUT2D eigenvalue weighted by Crippen LogP contribution is 2.27. The Morgan fingerprint density at radius 3 is 2.17 bits per heavy atom. The fourth-order valence-electron chi connectivity index (χ4n) is 0.451. The fraction of sp³-hybridized carbons (Fsp3) is 0.500. The fourth-order valence-corrected chi connectivity index (χ4v) is 0.451. The minimum Gasteiger partial charge on any atom is -0.416 e. The van der Waals surface area contributed by atoms with Crippen LogP contribution in [0.3, 0.4) is 0 Å². The van der Waals surface area contributed by atoms with Gasteiger partial charge in [-0.15, -0.1) is 22.6 Å². The standard InChI is InChI=1S/C4H4F3N3O.ClH/c5-4(6,7)3-10-9-2(1-8)11-3;/h1,8H2;1H. The van der Waals surface area contributed by atoms with Gasteiger partial charge in [0, 0.05) is 0 Å². The van der Waals surface area contributed by atoms with Crippen molar-refractivity contribution in [2.75, 3.05) is 0 Å². The number of alkyl halides is 3. The maximum atomic E-state index is 11.7. The number of nitrogens with two attached hydrogens (primary N) is 1. The topological polar surface area (TPSA) is 64.9 Å². The molecule has 8 heteroatoms. The smallest absolute Gasteiger partial charge is 0.416 e. The second kappa shape index (κ2) is 3.72. The molecule has 0 aliphatic heterocycles. The summed E-state index contributed by atoms with van der Waals surface area (Å²) in [4.78, 5) is 0. The minimum absolute atomic E-state index is 0. The van der Waals surface area contributed by atoms with Gasteiger partial charge >= 0.3 is 12.1 Å². The second-order valence-corrected chi connectivity index (χ2v) is 1.70. The van der Waals surface area contributed by atoms with E-state index in [1.807, 2.05) is 0 Å². The van der Waals surface area contributed by atoms with E-state index in [2.05, 4.69) is 14.6 Å². The van der Waals surface area contributed by atoms with E-state index in [1.165, 1.54) is 0 Å². The molecular weight excluding hydrogens is 199 g/mol. The van der Waals surface area contributed by atoms with Gasteiger partial charge in [-0.3, -0.25) is 0 Å². The van der Waals surface area contributed by atoms with Crippen LogP contribution in [-0.2, 0) is 12.7 Å². The van der Waals surface area contributed by atoms with Crippen molar-refractivity contribution in [3.8, 4) is 0 Å². The van der Waals surface area contributed by atoms with Crippen molar-refractivity contribution in [2.45, 2.75) is 12.7 Å². The van der Waals surface area contributed by atoms with E-state index in [-0.39, 0.29) is 24.8 Å². The average molecular weight is 204 g/mol. The summed E-state index contributed by atoms with van der Waals surface area (Å²) >= 11 is 0. The van der Waals surface area contributed by atoms with Crippen LogP contribution in [0.2, 0.25) is 0 Å². The van der Waals surface area contributed by atoms with Gasteiger partial charge in [0.1, 0.15) is 0 Å². The molecule has 0 amide bonds. The van der Waals surface area contributed by atoms with Crippen molar-refractivity contribution in [1.82, 2.24) is 10.2 Å². The lowest BCUT2D eigenvalue weighted by Gasteiger charge is -1.96. The third-order valence-corrected chi connectivity index (χ3v) is 0.884. The van der Waals surface area contributed by atoms with Gasteiger partial charge < -0.3 is 10.2 Å². The maximum Gasteiger partial charge on any atom is 0.470 e. The van der Waals surface area contributed by atoms with Gasteiger partial charge in [-0.25, -0.2) is 0 Å². The lowest BCUT2D eigenvalue weighted by atomic mass is 10.6. The molecule has 0 fully saturated rings.